The number of carboxylic acid groups (broad SMARTS) is 1. The second kappa shape index (κ2) is 20.5. The molecule has 0 saturated carbocycles. The number of para-hydroxylation sites is 1. The number of nitrogens with one attached hydrogen (secondary N) is 5. The average Bonchev–Trinajstić information content (AvgIpc) is 3.57. The van der Waals surface area contributed by atoms with Crippen molar-refractivity contribution in [3.8, 4) is 0 Å². The maximum atomic E-state index is 13.7. The Labute approximate surface area is 310 Å². The average molecular weight is 736 g/mol. The number of urea groups is 1. The first-order chi connectivity index (χ1) is 25.2. The molecule has 0 radical (unpaired) electrons. The van der Waals surface area contributed by atoms with E-state index in [2.05, 4.69) is 26.6 Å². The van der Waals surface area contributed by atoms with Crippen molar-refractivity contribution in [1.82, 2.24) is 20.9 Å². The van der Waals surface area contributed by atoms with Gasteiger partial charge in [-0.1, -0.05) is 70.4 Å². The van der Waals surface area contributed by atoms with Crippen molar-refractivity contribution in [2.24, 2.45) is 11.7 Å². The van der Waals surface area contributed by atoms with Crippen molar-refractivity contribution in [1.29, 1.82) is 0 Å². The normalized spacial score (nSPS) is 16.0. The molecule has 53 heavy (non-hydrogen) atoms. The minimum absolute atomic E-state index is 0.00827. The number of likely N-dealkylation sites (tertiary alicyclic amines) is 1. The van der Waals surface area contributed by atoms with Gasteiger partial charge in [0.2, 0.25) is 29.5 Å². The Bertz CT molecular complexity index is 1620. The van der Waals surface area contributed by atoms with Gasteiger partial charge in [0.05, 0.1) is 12.8 Å². The minimum atomic E-state index is -1.54. The van der Waals surface area contributed by atoms with Gasteiger partial charge in [0.1, 0.15) is 18.1 Å². The quantitative estimate of drug-likeness (QED) is 0.113. The predicted octanol–water partition coefficient (Wildman–Crippen LogP) is 3.21. The molecular formula is C38H53N7O8. The molecule has 7 amide bonds. The molecule has 1 fully saturated rings. The molecule has 2 aromatic carbocycles. The Balaban J connectivity index is 1.66. The summed E-state index contributed by atoms with van der Waals surface area (Å²) in [5.74, 6) is -4.71. The van der Waals surface area contributed by atoms with Gasteiger partial charge in [-0.15, -0.1) is 0 Å². The maximum Gasteiger partial charge on any atom is 0.323 e. The zero-order chi connectivity index (χ0) is 39.1. The first-order valence-corrected chi connectivity index (χ1v) is 18.2. The van der Waals surface area contributed by atoms with Crippen LogP contribution in [0.25, 0.3) is 0 Å². The second-order valence-corrected chi connectivity index (χ2v) is 13.6. The van der Waals surface area contributed by atoms with Crippen LogP contribution in [0, 0.1) is 12.8 Å². The summed E-state index contributed by atoms with van der Waals surface area (Å²) in [4.78, 5) is 91.3. The standard InChI is InChI=1S/C38H53N7O8/c1-5-7-13-29(41-32(47)20-25-15-17-26(18-16-25)40-38(53)43-28-14-9-8-11-24(28)4)35(50)42-30(22-33(48)49)36(51)44-34(23(3)6-2)37(52)45-19-10-12-27(45)21-31(39)46/h8-9,11,14-18,23,27,29-30,34H,5-7,10,12-13,19-22H2,1-4H3,(H2,39,46)(H,41,47)(H,42,50)(H,44,51)(H,48,49)(H2,40,43,53)/t23?,27-,29-,30-,34-/m0/s1. The van der Waals surface area contributed by atoms with Crippen molar-refractivity contribution in [3.05, 3.63) is 59.7 Å². The van der Waals surface area contributed by atoms with Crippen LogP contribution >= 0.6 is 0 Å². The van der Waals surface area contributed by atoms with Gasteiger partial charge in [-0.05, 0) is 61.4 Å². The van der Waals surface area contributed by atoms with Crippen molar-refractivity contribution in [2.75, 3.05) is 17.2 Å². The number of carbonyl (C=O) groups is 7. The number of benzene rings is 2. The Morgan fingerprint density at radius 3 is 2.21 bits per heavy atom. The number of amides is 7. The van der Waals surface area contributed by atoms with E-state index in [1.807, 2.05) is 39.0 Å². The van der Waals surface area contributed by atoms with Gasteiger partial charge >= 0.3 is 12.0 Å². The number of rotatable bonds is 19. The lowest BCUT2D eigenvalue weighted by atomic mass is 9.96. The van der Waals surface area contributed by atoms with Crippen LogP contribution in [0.2, 0.25) is 0 Å². The first kappa shape index (κ1) is 41.9. The van der Waals surface area contributed by atoms with Gasteiger partial charge in [-0.2, -0.15) is 0 Å². The third kappa shape index (κ3) is 13.2. The van der Waals surface area contributed by atoms with E-state index < -0.39 is 72.1 Å². The van der Waals surface area contributed by atoms with Crippen molar-refractivity contribution < 1.29 is 38.7 Å². The smallest absolute Gasteiger partial charge is 0.323 e. The lowest BCUT2D eigenvalue weighted by Crippen LogP contribution is -2.59. The molecule has 1 saturated heterocycles. The van der Waals surface area contributed by atoms with E-state index in [1.54, 1.807) is 37.3 Å². The molecule has 0 bridgehead atoms. The number of aliphatic carboxylic acids is 1. The van der Waals surface area contributed by atoms with Crippen LogP contribution in [-0.4, -0.2) is 82.3 Å². The molecule has 2 aromatic rings. The molecule has 1 aliphatic rings. The lowest BCUT2D eigenvalue weighted by molar-refractivity contribution is -0.142. The minimum Gasteiger partial charge on any atom is -0.481 e. The zero-order valence-electron chi connectivity index (χ0n) is 30.9. The highest BCUT2D eigenvalue weighted by molar-refractivity contribution is 6.00. The topological polar surface area (TPSA) is 229 Å². The molecule has 15 heteroatoms. The summed E-state index contributed by atoms with van der Waals surface area (Å²) in [6.07, 6.45) is 2.42. The number of unbranched alkanes of at least 4 members (excludes halogenated alkanes) is 1. The molecule has 288 valence electrons. The summed E-state index contributed by atoms with van der Waals surface area (Å²) in [6.45, 7) is 7.80. The monoisotopic (exact) mass is 735 g/mol. The Hall–Kier alpha value is -5.47. The van der Waals surface area contributed by atoms with E-state index in [0.29, 0.717) is 55.6 Å². The molecule has 5 atom stereocenters. The SMILES string of the molecule is CCCC[C@H](NC(=O)Cc1ccc(NC(=O)Nc2ccccc2C)cc1)C(=O)N[C@@H](CC(=O)O)C(=O)N[C@H](C(=O)N1CCC[C@H]1CC(N)=O)C(C)CC. The number of hydrogen-bond donors (Lipinski definition) is 7. The van der Waals surface area contributed by atoms with E-state index in [-0.39, 0.29) is 25.2 Å². The number of anilines is 2. The number of carbonyl (C=O) groups excluding carboxylic acids is 6. The molecule has 0 aliphatic carbocycles. The first-order valence-electron chi connectivity index (χ1n) is 18.2. The van der Waals surface area contributed by atoms with Gasteiger partial charge in [0, 0.05) is 30.4 Å². The number of nitrogens with zero attached hydrogens (tertiary/aromatic N) is 1. The number of hydrogen-bond acceptors (Lipinski definition) is 7. The fraction of sp³-hybridized carbons (Fsp3) is 0.500. The molecule has 1 heterocycles. The van der Waals surface area contributed by atoms with Crippen LogP contribution in [0.15, 0.2) is 48.5 Å². The largest absolute Gasteiger partial charge is 0.481 e. The molecule has 0 spiro atoms. The van der Waals surface area contributed by atoms with Gasteiger partial charge in [-0.25, -0.2) is 4.79 Å². The summed E-state index contributed by atoms with van der Waals surface area (Å²) in [5, 5.41) is 23.0. The van der Waals surface area contributed by atoms with Crippen LogP contribution in [0.3, 0.4) is 0 Å². The molecule has 1 aliphatic heterocycles. The van der Waals surface area contributed by atoms with Crippen LogP contribution < -0.4 is 32.3 Å². The highest BCUT2D eigenvalue weighted by Gasteiger charge is 2.38. The van der Waals surface area contributed by atoms with Gasteiger partial charge in [0.25, 0.3) is 0 Å². The van der Waals surface area contributed by atoms with E-state index in [9.17, 15) is 38.7 Å². The molecular weight excluding hydrogens is 682 g/mol. The second-order valence-electron chi connectivity index (χ2n) is 13.6. The van der Waals surface area contributed by atoms with Crippen molar-refractivity contribution in [3.63, 3.8) is 0 Å². The number of primary amides is 1. The maximum absolute atomic E-state index is 13.7. The van der Waals surface area contributed by atoms with Crippen LogP contribution in [-0.2, 0) is 35.2 Å². The Kier molecular flexibility index (Phi) is 16.3. The van der Waals surface area contributed by atoms with Crippen LogP contribution in [0.5, 0.6) is 0 Å². The third-order valence-corrected chi connectivity index (χ3v) is 9.35. The summed E-state index contributed by atoms with van der Waals surface area (Å²) in [7, 11) is 0. The fourth-order valence-electron chi connectivity index (χ4n) is 6.15. The van der Waals surface area contributed by atoms with Gasteiger partial charge in [-0.3, -0.25) is 28.8 Å². The Morgan fingerprint density at radius 1 is 0.906 bits per heavy atom. The molecule has 1 unspecified atom stereocenters. The van der Waals surface area contributed by atoms with E-state index in [4.69, 9.17) is 5.73 Å². The highest BCUT2D eigenvalue weighted by atomic mass is 16.4. The lowest BCUT2D eigenvalue weighted by Gasteiger charge is -2.32. The van der Waals surface area contributed by atoms with Crippen molar-refractivity contribution >= 4 is 52.9 Å². The summed E-state index contributed by atoms with van der Waals surface area (Å²) in [6, 6.07) is 9.54. The van der Waals surface area contributed by atoms with Crippen molar-refractivity contribution in [2.45, 2.75) is 110 Å². The van der Waals surface area contributed by atoms with Gasteiger partial charge < -0.3 is 42.3 Å². The fourth-order valence-corrected chi connectivity index (χ4v) is 6.15. The zero-order valence-corrected chi connectivity index (χ0v) is 30.9. The summed E-state index contributed by atoms with van der Waals surface area (Å²) in [5.41, 5.74) is 8.10. The number of carboxylic acids is 1. The van der Waals surface area contributed by atoms with E-state index in [0.717, 1.165) is 5.56 Å². The molecule has 0 aromatic heterocycles. The van der Waals surface area contributed by atoms with E-state index in [1.165, 1.54) is 4.90 Å². The Morgan fingerprint density at radius 2 is 1.58 bits per heavy atom. The number of nitrogens with two attached hydrogens (primary N) is 1. The number of aryl methyl sites for hydroxylation is 1. The summed E-state index contributed by atoms with van der Waals surface area (Å²) >= 11 is 0. The molecule has 3 rings (SSSR count). The highest BCUT2D eigenvalue weighted by Crippen LogP contribution is 2.23. The predicted molar refractivity (Wildman–Crippen MR) is 200 cm³/mol. The van der Waals surface area contributed by atoms with E-state index >= 15 is 0 Å². The third-order valence-electron chi connectivity index (χ3n) is 9.35. The summed E-state index contributed by atoms with van der Waals surface area (Å²) < 4.78 is 0. The van der Waals surface area contributed by atoms with Gasteiger partial charge in [0.15, 0.2) is 0 Å². The van der Waals surface area contributed by atoms with Crippen LogP contribution in [0.4, 0.5) is 16.2 Å². The molecule has 8 N–H and O–H groups in total. The molecule has 15 nitrogen and oxygen atoms in total. The van der Waals surface area contributed by atoms with Crippen LogP contribution in [0.1, 0.15) is 83.3 Å².